The van der Waals surface area contributed by atoms with Crippen LogP contribution in [0.15, 0.2) is 0 Å². The number of rotatable bonds is 2. The number of hydrogen-bond acceptors (Lipinski definition) is 6. The molecule has 0 saturated carbocycles. The number of ether oxygens (including phenoxy) is 1. The maximum absolute atomic E-state index is 12.6. The highest BCUT2D eigenvalue weighted by Crippen LogP contribution is 2.37. The topological polar surface area (TPSA) is 90.7 Å². The second-order valence-electron chi connectivity index (χ2n) is 6.88. The van der Waals surface area contributed by atoms with Crippen molar-refractivity contribution in [1.29, 1.82) is 0 Å². The third-order valence-electron chi connectivity index (χ3n) is 3.69. The molecule has 0 aromatic carbocycles. The van der Waals surface area contributed by atoms with Crippen molar-refractivity contribution >= 4 is 16.2 Å². The Kier molecular flexibility index (Phi) is 4.94. The summed E-state index contributed by atoms with van der Waals surface area (Å²) in [5, 5.41) is 4.04. The van der Waals surface area contributed by atoms with Gasteiger partial charge < -0.3 is 8.92 Å². The second-order valence-corrected chi connectivity index (χ2v) is 8.41. The van der Waals surface area contributed by atoms with Crippen molar-refractivity contribution in [3.8, 4) is 5.88 Å². The molecule has 1 amide bonds. The van der Waals surface area contributed by atoms with Gasteiger partial charge in [0.1, 0.15) is 5.60 Å². The van der Waals surface area contributed by atoms with Gasteiger partial charge in [-0.25, -0.2) is 9.48 Å². The van der Waals surface area contributed by atoms with Crippen LogP contribution in [0.5, 0.6) is 5.88 Å². The van der Waals surface area contributed by atoms with Gasteiger partial charge in [-0.05, 0) is 34.1 Å². The van der Waals surface area contributed by atoms with Crippen molar-refractivity contribution in [2.75, 3.05) is 6.54 Å². The van der Waals surface area contributed by atoms with E-state index in [0.717, 1.165) is 4.68 Å². The second kappa shape index (κ2) is 6.32. The fraction of sp³-hybridized carbons (Fsp3) is 0.714. The summed E-state index contributed by atoms with van der Waals surface area (Å²) >= 11 is 0. The number of carbonyl (C=O) groups excluding carboxylic acids is 1. The number of halogens is 3. The van der Waals surface area contributed by atoms with Crippen LogP contribution in [0.3, 0.4) is 0 Å². The Labute approximate surface area is 149 Å². The minimum absolute atomic E-state index is 0.0788. The molecule has 0 unspecified atom stereocenters. The number of carbonyl (C=O) groups is 1. The van der Waals surface area contributed by atoms with Gasteiger partial charge in [-0.15, -0.1) is 0 Å². The van der Waals surface area contributed by atoms with Crippen LogP contribution >= 0.6 is 0 Å². The fourth-order valence-electron chi connectivity index (χ4n) is 2.54. The van der Waals surface area contributed by atoms with E-state index in [0.29, 0.717) is 0 Å². The summed E-state index contributed by atoms with van der Waals surface area (Å²) in [6.45, 7) is 6.87. The molecule has 1 atom stereocenters. The van der Waals surface area contributed by atoms with Gasteiger partial charge in [-0.2, -0.15) is 26.7 Å². The summed E-state index contributed by atoms with van der Waals surface area (Å²) in [6, 6.07) is -0.620. The molecular weight excluding hydrogens is 379 g/mol. The summed E-state index contributed by atoms with van der Waals surface area (Å²) in [5.74, 6) is -0.506. The van der Waals surface area contributed by atoms with E-state index in [2.05, 4.69) is 9.28 Å². The molecule has 2 rings (SSSR count). The molecule has 0 bridgehead atoms. The molecular formula is C14H20F3N3O5S. The lowest BCUT2D eigenvalue weighted by atomic mass is 10.0. The molecule has 0 N–H and O–H groups in total. The van der Waals surface area contributed by atoms with Crippen LogP contribution in [0.1, 0.15) is 45.0 Å². The first-order valence-corrected chi connectivity index (χ1v) is 9.11. The molecule has 1 aliphatic rings. The minimum Gasteiger partial charge on any atom is -0.444 e. The molecule has 0 fully saturated rings. The van der Waals surface area contributed by atoms with Gasteiger partial charge in [0.05, 0.1) is 11.7 Å². The predicted molar refractivity (Wildman–Crippen MR) is 83.9 cm³/mol. The van der Waals surface area contributed by atoms with E-state index in [9.17, 15) is 26.4 Å². The Morgan fingerprint density at radius 2 is 1.85 bits per heavy atom. The zero-order valence-corrected chi connectivity index (χ0v) is 15.7. The molecule has 0 spiro atoms. The first-order chi connectivity index (χ1) is 11.6. The molecule has 2 heterocycles. The van der Waals surface area contributed by atoms with Crippen molar-refractivity contribution in [2.24, 2.45) is 7.05 Å². The van der Waals surface area contributed by atoms with E-state index >= 15 is 0 Å². The molecule has 0 saturated heterocycles. The number of nitrogens with zero attached hydrogens (tertiary/aromatic N) is 3. The van der Waals surface area contributed by atoms with Crippen LogP contribution in [0.4, 0.5) is 18.0 Å². The van der Waals surface area contributed by atoms with Crippen molar-refractivity contribution in [3.63, 3.8) is 0 Å². The normalized spacial score (nSPS) is 18.5. The van der Waals surface area contributed by atoms with E-state index in [1.54, 1.807) is 27.7 Å². The lowest BCUT2D eigenvalue weighted by molar-refractivity contribution is -0.0502. The van der Waals surface area contributed by atoms with Crippen molar-refractivity contribution in [3.05, 3.63) is 11.3 Å². The molecule has 148 valence electrons. The monoisotopic (exact) mass is 399 g/mol. The molecule has 8 nitrogen and oxygen atoms in total. The number of alkyl halides is 3. The summed E-state index contributed by atoms with van der Waals surface area (Å²) < 4.78 is 70.8. The number of aromatic nitrogens is 2. The third-order valence-corrected chi connectivity index (χ3v) is 4.63. The van der Waals surface area contributed by atoms with Gasteiger partial charge in [0.25, 0.3) is 0 Å². The Morgan fingerprint density at radius 1 is 1.27 bits per heavy atom. The predicted octanol–water partition coefficient (Wildman–Crippen LogP) is 2.50. The Bertz CT molecular complexity index is 811. The molecule has 0 radical (unpaired) electrons. The number of fused-ring (bicyclic) bond motifs is 1. The quantitative estimate of drug-likeness (QED) is 0.561. The van der Waals surface area contributed by atoms with Crippen LogP contribution in [0.25, 0.3) is 0 Å². The zero-order valence-electron chi connectivity index (χ0n) is 14.9. The van der Waals surface area contributed by atoms with Gasteiger partial charge in [0.2, 0.25) is 5.88 Å². The molecule has 26 heavy (non-hydrogen) atoms. The number of hydrogen-bond donors (Lipinski definition) is 0. The van der Waals surface area contributed by atoms with E-state index < -0.39 is 39.2 Å². The van der Waals surface area contributed by atoms with Crippen LogP contribution < -0.4 is 4.18 Å². The Balaban J connectivity index is 2.33. The number of amides is 1. The fourth-order valence-corrected chi connectivity index (χ4v) is 3.05. The molecule has 1 aromatic heterocycles. The first kappa shape index (κ1) is 20.3. The van der Waals surface area contributed by atoms with Gasteiger partial charge in [0.15, 0.2) is 0 Å². The molecule has 1 aromatic rings. The van der Waals surface area contributed by atoms with E-state index in [-0.39, 0.29) is 24.2 Å². The highest BCUT2D eigenvalue weighted by molar-refractivity contribution is 7.87. The van der Waals surface area contributed by atoms with Crippen molar-refractivity contribution in [1.82, 2.24) is 14.7 Å². The molecule has 1 aliphatic heterocycles. The van der Waals surface area contributed by atoms with Crippen LogP contribution in [0.2, 0.25) is 0 Å². The maximum atomic E-state index is 12.6. The van der Waals surface area contributed by atoms with Crippen LogP contribution in [-0.2, 0) is 28.3 Å². The summed E-state index contributed by atoms with van der Waals surface area (Å²) in [4.78, 5) is 13.7. The molecule has 12 heteroatoms. The van der Waals surface area contributed by atoms with Crippen molar-refractivity contribution in [2.45, 2.75) is 51.3 Å². The summed E-state index contributed by atoms with van der Waals surface area (Å²) in [7, 11) is -4.55. The first-order valence-electron chi connectivity index (χ1n) is 7.70. The van der Waals surface area contributed by atoms with Crippen molar-refractivity contribution < 1.29 is 35.3 Å². The SMILES string of the molecule is C[C@@H]1c2nn(C)c(OS(=O)(=O)C(F)(F)F)c2CCN1C(=O)OC(C)(C)C. The third kappa shape index (κ3) is 3.89. The van der Waals surface area contributed by atoms with Crippen LogP contribution in [-0.4, -0.2) is 46.8 Å². The largest absolute Gasteiger partial charge is 0.534 e. The van der Waals surface area contributed by atoms with Gasteiger partial charge in [-0.3, -0.25) is 4.90 Å². The maximum Gasteiger partial charge on any atom is 0.534 e. The Hall–Kier alpha value is -1.98. The minimum atomic E-state index is -5.81. The van der Waals surface area contributed by atoms with E-state index in [1.807, 2.05) is 0 Å². The smallest absolute Gasteiger partial charge is 0.444 e. The lowest BCUT2D eigenvalue weighted by Gasteiger charge is -2.34. The van der Waals surface area contributed by atoms with Crippen LogP contribution in [0, 0.1) is 0 Å². The van der Waals surface area contributed by atoms with Gasteiger partial charge >= 0.3 is 21.7 Å². The number of aryl methyl sites for hydroxylation is 1. The average Bonchev–Trinajstić information content (AvgIpc) is 2.73. The zero-order chi connectivity index (χ0) is 20.1. The van der Waals surface area contributed by atoms with Gasteiger partial charge in [-0.1, -0.05) is 0 Å². The highest BCUT2D eigenvalue weighted by atomic mass is 32.2. The molecule has 0 aliphatic carbocycles. The van der Waals surface area contributed by atoms with Gasteiger partial charge in [0, 0.05) is 19.2 Å². The summed E-state index contributed by atoms with van der Waals surface area (Å²) in [5.41, 5.74) is -5.78. The van der Waals surface area contributed by atoms with E-state index in [1.165, 1.54) is 11.9 Å². The van der Waals surface area contributed by atoms with E-state index in [4.69, 9.17) is 4.74 Å². The Morgan fingerprint density at radius 3 is 2.35 bits per heavy atom. The highest BCUT2D eigenvalue weighted by Gasteiger charge is 2.50. The lowest BCUT2D eigenvalue weighted by Crippen LogP contribution is -2.42. The summed E-state index contributed by atoms with van der Waals surface area (Å²) in [6.07, 6.45) is -0.512. The standard InChI is InChI=1S/C14H20F3N3O5S/c1-8-10-9(6-7-20(8)12(21)24-13(2,3)4)11(19(5)18-10)25-26(22,23)14(15,16)17/h8H,6-7H2,1-5H3/t8-/m1/s1. The average molecular weight is 399 g/mol.